The normalized spacial score (nSPS) is 1.71. The third-order valence-electron chi connectivity index (χ3n) is 0. The molecule has 0 aliphatic heterocycles. The molecule has 0 bridgehead atoms. The summed E-state index contributed by atoms with van der Waals surface area (Å²) < 4.78 is 0. The van der Waals surface area contributed by atoms with E-state index in [4.69, 9.17) is 10.1 Å². The number of hydrogen-bond acceptors (Lipinski definition) is 4. The minimum absolute atomic E-state index is 0. The Morgan fingerprint density at radius 2 is 1.14 bits per heavy atom. The summed E-state index contributed by atoms with van der Waals surface area (Å²) in [6.07, 6.45) is 0. The van der Waals surface area contributed by atoms with Crippen LogP contribution in [0.5, 0.6) is 0 Å². The Morgan fingerprint density at radius 3 is 1.14 bits per heavy atom. The van der Waals surface area contributed by atoms with Gasteiger partial charge in [0.05, 0.1) is 0 Å². The maximum absolute atomic E-state index is 8.00. The standard InChI is InChI=1S/ClH.NO2.2H3N.Pd/c;2-1-3;;;/h1H;;2*1H3;/p-1. The number of hydrogen-bond donors (Lipinski definition) is 2. The molecule has 0 aromatic carbocycles. The summed E-state index contributed by atoms with van der Waals surface area (Å²) >= 11 is 0. The van der Waals surface area contributed by atoms with Gasteiger partial charge in [0.2, 0.25) is 5.34 Å². The molecule has 0 aromatic rings. The summed E-state index contributed by atoms with van der Waals surface area (Å²) in [6.45, 7) is 0. The molecule has 6 N–H and O–H groups in total. The smallest absolute Gasteiger partial charge is 0.204 e. The molecule has 51 valence electrons. The van der Waals surface area contributed by atoms with E-state index in [2.05, 4.69) is 0 Å². The van der Waals surface area contributed by atoms with Gasteiger partial charge in [-0.3, -0.25) is 0 Å². The topological polar surface area (TPSA) is 119 Å². The molecule has 0 atom stereocenters. The second-order valence-electron chi connectivity index (χ2n) is 0.0745. The molecule has 0 aliphatic rings. The summed E-state index contributed by atoms with van der Waals surface area (Å²) in [6, 6.07) is 0. The molecule has 0 saturated heterocycles. The minimum atomic E-state index is 0. The summed E-state index contributed by atoms with van der Waals surface area (Å²) in [5.74, 6) is 0. The fourth-order valence-electron chi connectivity index (χ4n) is 0. The van der Waals surface area contributed by atoms with Crippen LogP contribution in [0.25, 0.3) is 0 Å². The zero-order chi connectivity index (χ0) is 2.71. The molecule has 7 heavy (non-hydrogen) atoms. The fourth-order valence-corrected chi connectivity index (χ4v) is 0. The number of nitrogens with zero attached hydrogens (tertiary/aromatic N) is 1. The minimum Gasteiger partial charge on any atom is -1.00 e. The molecule has 7 heteroatoms. The van der Waals surface area contributed by atoms with Crippen molar-refractivity contribution in [3.63, 3.8) is 0 Å². The van der Waals surface area contributed by atoms with E-state index in [9.17, 15) is 0 Å². The van der Waals surface area contributed by atoms with E-state index < -0.39 is 0 Å². The van der Waals surface area contributed by atoms with Crippen LogP contribution in [-0.2, 0) is 25.6 Å². The van der Waals surface area contributed by atoms with Crippen molar-refractivity contribution in [1.82, 2.24) is 12.3 Å². The van der Waals surface area contributed by atoms with Crippen molar-refractivity contribution in [2.24, 2.45) is 5.34 Å². The van der Waals surface area contributed by atoms with Crippen molar-refractivity contribution in [1.29, 1.82) is 0 Å². The average Bonchev–Trinajstić information content (AvgIpc) is 0.918. The SMILES string of the molecule is N.N.[Cl-].[O]N=O.[Pd]. The average molecular weight is 222 g/mol. The van der Waals surface area contributed by atoms with Gasteiger partial charge in [-0.1, -0.05) is 0 Å². The van der Waals surface area contributed by atoms with Crippen molar-refractivity contribution in [2.75, 3.05) is 0 Å². The van der Waals surface area contributed by atoms with Crippen molar-refractivity contribution in [3.05, 3.63) is 4.91 Å². The van der Waals surface area contributed by atoms with E-state index in [1.165, 1.54) is 0 Å². The predicted octanol–water partition coefficient (Wildman–Crippen LogP) is -2.58. The Morgan fingerprint density at radius 1 is 1.14 bits per heavy atom. The monoisotopic (exact) mass is 221 g/mol. The first-order valence-corrected chi connectivity index (χ1v) is 0.365. The number of halogens is 1. The van der Waals surface area contributed by atoms with Crippen LogP contribution in [0, 0.1) is 4.91 Å². The molecule has 0 unspecified atom stereocenters. The van der Waals surface area contributed by atoms with Gasteiger partial charge in [-0.25, -0.2) is 0 Å². The third-order valence-corrected chi connectivity index (χ3v) is 0. The van der Waals surface area contributed by atoms with Gasteiger partial charge in [0.1, 0.15) is 0 Å². The first-order chi connectivity index (χ1) is 1.41. The van der Waals surface area contributed by atoms with Crippen molar-refractivity contribution in [3.8, 4) is 0 Å². The van der Waals surface area contributed by atoms with Crippen LogP contribution in [0.4, 0.5) is 0 Å². The second-order valence-corrected chi connectivity index (χ2v) is 0.0745. The molecule has 0 fully saturated rings. The molecule has 0 saturated carbocycles. The van der Waals surface area contributed by atoms with Gasteiger partial charge in [-0.2, -0.15) is 0 Å². The molecular weight excluding hydrogens is 216 g/mol. The van der Waals surface area contributed by atoms with Crippen LogP contribution >= 0.6 is 0 Å². The quantitative estimate of drug-likeness (QED) is 0.266. The van der Waals surface area contributed by atoms with Crippen LogP contribution in [0.3, 0.4) is 0 Å². The van der Waals surface area contributed by atoms with E-state index in [-0.39, 0.29) is 45.1 Å². The van der Waals surface area contributed by atoms with E-state index in [0.29, 0.717) is 0 Å². The Bertz CT molecular complexity index is 20.4. The maximum Gasteiger partial charge on any atom is 0.204 e. The zero-order valence-corrected chi connectivity index (χ0v) is 5.68. The molecular formula is H6ClN3O2Pd-. The Labute approximate surface area is 61.0 Å². The van der Waals surface area contributed by atoms with Gasteiger partial charge < -0.3 is 24.7 Å². The van der Waals surface area contributed by atoms with E-state index in [1.54, 1.807) is 0 Å². The van der Waals surface area contributed by atoms with E-state index in [1.807, 2.05) is 0 Å². The molecule has 0 rings (SSSR count). The molecule has 5 nitrogen and oxygen atoms in total. The summed E-state index contributed by atoms with van der Waals surface area (Å²) in [4.78, 5) is 8.00. The van der Waals surface area contributed by atoms with Gasteiger partial charge in [0.15, 0.2) is 0 Å². The van der Waals surface area contributed by atoms with E-state index in [0.717, 1.165) is 5.34 Å². The molecule has 0 aliphatic carbocycles. The first-order valence-electron chi connectivity index (χ1n) is 0.365. The largest absolute Gasteiger partial charge is 1.00 e. The van der Waals surface area contributed by atoms with Crippen molar-refractivity contribution < 1.29 is 38.0 Å². The Hall–Kier alpha value is 0.272. The Balaban J connectivity index is -0.00000000333. The molecule has 0 amide bonds. The van der Waals surface area contributed by atoms with Crippen LogP contribution in [0.2, 0.25) is 0 Å². The van der Waals surface area contributed by atoms with Crippen molar-refractivity contribution >= 4 is 0 Å². The van der Waals surface area contributed by atoms with Crippen molar-refractivity contribution in [2.45, 2.75) is 0 Å². The third kappa shape index (κ3) is 1540. The maximum atomic E-state index is 8.00. The van der Waals surface area contributed by atoms with Gasteiger partial charge in [-0.05, 0) is 0 Å². The summed E-state index contributed by atoms with van der Waals surface area (Å²) in [5, 5.41) is 9.00. The summed E-state index contributed by atoms with van der Waals surface area (Å²) in [7, 11) is 0. The van der Waals surface area contributed by atoms with Gasteiger partial charge >= 0.3 is 0 Å². The van der Waals surface area contributed by atoms with Crippen LogP contribution in [0.1, 0.15) is 0 Å². The zero-order valence-electron chi connectivity index (χ0n) is 3.37. The van der Waals surface area contributed by atoms with E-state index >= 15 is 0 Å². The summed E-state index contributed by atoms with van der Waals surface area (Å²) in [5.41, 5.74) is 0. The number of rotatable bonds is 0. The van der Waals surface area contributed by atoms with Crippen LogP contribution in [0.15, 0.2) is 5.34 Å². The van der Waals surface area contributed by atoms with Gasteiger partial charge in [0.25, 0.3) is 0 Å². The van der Waals surface area contributed by atoms with Crippen LogP contribution in [-0.4, -0.2) is 0 Å². The molecule has 0 heterocycles. The first kappa shape index (κ1) is 55.4. The molecule has 0 spiro atoms. The molecule has 0 aromatic heterocycles. The second kappa shape index (κ2) is 108. The van der Waals surface area contributed by atoms with Gasteiger partial charge in [0, 0.05) is 20.4 Å². The van der Waals surface area contributed by atoms with Crippen LogP contribution < -0.4 is 24.7 Å². The van der Waals surface area contributed by atoms with Gasteiger partial charge in [-0.15, -0.1) is 10.1 Å². The fraction of sp³-hybridized carbons (Fsp3) is 0. The Kier molecular flexibility index (Phi) is 853. The molecule has 1 radical (unpaired) electrons. The predicted molar refractivity (Wildman–Crippen MR) is 16.5 cm³/mol.